The number of para-hydroxylation sites is 1. The van der Waals surface area contributed by atoms with E-state index in [0.717, 1.165) is 11.3 Å². The Kier molecular flexibility index (Phi) is 6.80. The lowest BCUT2D eigenvalue weighted by atomic mass is 10.0. The zero-order valence-corrected chi connectivity index (χ0v) is 18.3. The summed E-state index contributed by atoms with van der Waals surface area (Å²) in [5.41, 5.74) is 2.80. The molecule has 168 valence electrons. The number of methoxy groups -OCH3 is 2. The van der Waals surface area contributed by atoms with Gasteiger partial charge in [0, 0.05) is 24.1 Å². The Balaban J connectivity index is 1.72. The Morgan fingerprint density at radius 1 is 0.970 bits per heavy atom. The van der Waals surface area contributed by atoms with Crippen molar-refractivity contribution in [3.8, 4) is 22.8 Å². The highest BCUT2D eigenvalue weighted by atomic mass is 19.1. The average Bonchev–Trinajstić information content (AvgIpc) is 2.84. The first kappa shape index (κ1) is 22.2. The van der Waals surface area contributed by atoms with E-state index in [1.54, 1.807) is 20.3 Å². The number of benzene rings is 3. The quantitative estimate of drug-likeness (QED) is 0.371. The van der Waals surface area contributed by atoms with Crippen LogP contribution in [0.15, 0.2) is 72.8 Å². The molecule has 4 rings (SSSR count). The molecule has 1 N–H and O–H groups in total. The van der Waals surface area contributed by atoms with Crippen LogP contribution in [0.2, 0.25) is 0 Å². The number of amides is 1. The number of anilines is 1. The van der Waals surface area contributed by atoms with Gasteiger partial charge in [-0.3, -0.25) is 4.79 Å². The van der Waals surface area contributed by atoms with E-state index in [-0.39, 0.29) is 12.3 Å². The molecule has 0 radical (unpaired) electrons. The van der Waals surface area contributed by atoms with E-state index in [9.17, 15) is 9.18 Å². The largest absolute Gasteiger partial charge is 0.497 e. The third kappa shape index (κ3) is 5.10. The molecule has 3 aromatic carbocycles. The molecule has 1 amide bonds. The van der Waals surface area contributed by atoms with Crippen molar-refractivity contribution in [2.24, 2.45) is 0 Å². The maximum absolute atomic E-state index is 13.9. The van der Waals surface area contributed by atoms with Crippen LogP contribution < -0.4 is 14.8 Å². The number of halogens is 1. The molecule has 0 spiro atoms. The van der Waals surface area contributed by atoms with E-state index in [4.69, 9.17) is 19.2 Å². The lowest BCUT2D eigenvalue weighted by molar-refractivity contribution is 0.102. The van der Waals surface area contributed by atoms with E-state index in [1.165, 1.54) is 18.2 Å². The summed E-state index contributed by atoms with van der Waals surface area (Å²) in [6, 6.07) is 20.5. The molecule has 7 heteroatoms. The van der Waals surface area contributed by atoms with Crippen molar-refractivity contribution in [1.82, 2.24) is 4.98 Å². The molecule has 0 fully saturated rings. The van der Waals surface area contributed by atoms with Crippen molar-refractivity contribution in [3.05, 3.63) is 84.2 Å². The molecule has 6 nitrogen and oxygen atoms in total. The summed E-state index contributed by atoms with van der Waals surface area (Å²) < 4.78 is 29.8. The molecule has 0 saturated carbocycles. The summed E-state index contributed by atoms with van der Waals surface area (Å²) in [6.07, 6.45) is 0. The van der Waals surface area contributed by atoms with E-state index < -0.39 is 11.7 Å². The fraction of sp³-hybridized carbons (Fsp3) is 0.154. The van der Waals surface area contributed by atoms with Gasteiger partial charge in [-0.1, -0.05) is 18.2 Å². The lowest BCUT2D eigenvalue weighted by Crippen LogP contribution is -2.15. The van der Waals surface area contributed by atoms with E-state index in [0.29, 0.717) is 34.5 Å². The Morgan fingerprint density at radius 3 is 2.52 bits per heavy atom. The zero-order valence-electron chi connectivity index (χ0n) is 18.3. The highest BCUT2D eigenvalue weighted by molar-refractivity contribution is 6.13. The minimum absolute atomic E-state index is 0.239. The molecule has 1 heterocycles. The SMILES string of the molecule is COCCOc1ccc(F)cc1NC(=O)c1cc(-c2ccc(OC)cc2)nc2ccccc12. The molecule has 0 aliphatic heterocycles. The Morgan fingerprint density at radius 2 is 1.76 bits per heavy atom. The van der Waals surface area contributed by atoms with Crippen molar-refractivity contribution in [2.75, 3.05) is 32.8 Å². The number of hydrogen-bond acceptors (Lipinski definition) is 5. The molecule has 33 heavy (non-hydrogen) atoms. The monoisotopic (exact) mass is 446 g/mol. The van der Waals surface area contributed by atoms with Crippen molar-refractivity contribution >= 4 is 22.5 Å². The molecule has 0 unspecified atom stereocenters. The second-order valence-electron chi connectivity index (χ2n) is 7.24. The zero-order chi connectivity index (χ0) is 23.2. The molecule has 0 saturated heterocycles. The van der Waals surface area contributed by atoms with Gasteiger partial charge in [-0.2, -0.15) is 0 Å². The van der Waals surface area contributed by atoms with Crippen molar-refractivity contribution in [2.45, 2.75) is 0 Å². The molecule has 1 aromatic heterocycles. The summed E-state index contributed by atoms with van der Waals surface area (Å²) in [5.74, 6) is 0.202. The Hall–Kier alpha value is -3.97. The molecule has 0 bridgehead atoms. The molecule has 4 aromatic rings. The highest BCUT2D eigenvalue weighted by Gasteiger charge is 2.16. The molecular formula is C26H23FN2O4. The van der Waals surface area contributed by atoms with Crippen LogP contribution in [0.4, 0.5) is 10.1 Å². The fourth-order valence-corrected chi connectivity index (χ4v) is 3.42. The van der Waals surface area contributed by atoms with Gasteiger partial charge in [0.05, 0.1) is 36.2 Å². The van der Waals surface area contributed by atoms with Gasteiger partial charge in [0.2, 0.25) is 0 Å². The van der Waals surface area contributed by atoms with E-state index in [2.05, 4.69) is 5.32 Å². The smallest absolute Gasteiger partial charge is 0.256 e. The van der Waals surface area contributed by atoms with E-state index in [1.807, 2.05) is 48.5 Å². The number of pyridine rings is 1. The van der Waals surface area contributed by atoms with Gasteiger partial charge in [0.15, 0.2) is 0 Å². The number of ether oxygens (including phenoxy) is 3. The van der Waals surface area contributed by atoms with Gasteiger partial charge in [0.1, 0.15) is 23.9 Å². The number of carbonyl (C=O) groups excluding carboxylic acids is 1. The first-order valence-electron chi connectivity index (χ1n) is 10.4. The van der Waals surface area contributed by atoms with Crippen molar-refractivity contribution in [1.29, 1.82) is 0 Å². The molecule has 0 atom stereocenters. The predicted octanol–water partition coefficient (Wildman–Crippen LogP) is 5.33. The lowest BCUT2D eigenvalue weighted by Gasteiger charge is -2.14. The Labute approximate surface area is 190 Å². The van der Waals surface area contributed by atoms with Crippen molar-refractivity contribution < 1.29 is 23.4 Å². The number of nitrogens with zero attached hydrogens (tertiary/aromatic N) is 1. The van der Waals surface area contributed by atoms with Crippen LogP contribution in [0, 0.1) is 5.82 Å². The van der Waals surface area contributed by atoms with Crippen LogP contribution in [-0.2, 0) is 4.74 Å². The molecular weight excluding hydrogens is 423 g/mol. The number of rotatable bonds is 8. The number of nitrogens with one attached hydrogen (secondary N) is 1. The summed E-state index contributed by atoms with van der Waals surface area (Å²) in [5, 5.41) is 3.48. The predicted molar refractivity (Wildman–Crippen MR) is 125 cm³/mol. The van der Waals surface area contributed by atoms with Gasteiger partial charge >= 0.3 is 0 Å². The number of aromatic nitrogens is 1. The second kappa shape index (κ2) is 10.1. The number of hydrogen-bond donors (Lipinski definition) is 1. The molecule has 0 aliphatic rings. The van der Waals surface area contributed by atoms with Gasteiger partial charge in [0.25, 0.3) is 5.91 Å². The van der Waals surface area contributed by atoms with Crippen molar-refractivity contribution in [3.63, 3.8) is 0 Å². The van der Waals surface area contributed by atoms with Crippen LogP contribution in [-0.4, -0.2) is 38.3 Å². The summed E-state index contributed by atoms with van der Waals surface area (Å²) in [7, 11) is 3.16. The third-order valence-corrected chi connectivity index (χ3v) is 5.08. The second-order valence-corrected chi connectivity index (χ2v) is 7.24. The van der Waals surface area contributed by atoms with Gasteiger partial charge < -0.3 is 19.5 Å². The first-order chi connectivity index (χ1) is 16.1. The summed E-state index contributed by atoms with van der Waals surface area (Å²) >= 11 is 0. The van der Waals surface area contributed by atoms with Crippen LogP contribution in [0.5, 0.6) is 11.5 Å². The highest BCUT2D eigenvalue weighted by Crippen LogP contribution is 2.29. The van der Waals surface area contributed by atoms with Crippen LogP contribution in [0.1, 0.15) is 10.4 Å². The Bertz CT molecular complexity index is 1280. The maximum Gasteiger partial charge on any atom is 0.256 e. The average molecular weight is 446 g/mol. The third-order valence-electron chi connectivity index (χ3n) is 5.08. The van der Waals surface area contributed by atoms with Gasteiger partial charge in [-0.25, -0.2) is 9.37 Å². The fourth-order valence-electron chi connectivity index (χ4n) is 3.42. The topological polar surface area (TPSA) is 69.7 Å². The molecule has 0 aliphatic carbocycles. The number of carbonyl (C=O) groups is 1. The van der Waals surface area contributed by atoms with Crippen LogP contribution in [0.25, 0.3) is 22.2 Å². The standard InChI is InChI=1S/C26H23FN2O4/c1-31-13-14-33-25-12-9-18(27)15-24(25)29-26(30)21-16-23(17-7-10-19(32-2)11-8-17)28-22-6-4-3-5-20(21)22/h3-12,15-16H,13-14H2,1-2H3,(H,29,30). The van der Waals surface area contributed by atoms with Gasteiger partial charge in [-0.15, -0.1) is 0 Å². The van der Waals surface area contributed by atoms with Crippen LogP contribution >= 0.6 is 0 Å². The maximum atomic E-state index is 13.9. The minimum atomic E-state index is -0.483. The minimum Gasteiger partial charge on any atom is -0.497 e. The van der Waals surface area contributed by atoms with Gasteiger partial charge in [-0.05, 0) is 48.5 Å². The normalized spacial score (nSPS) is 10.8. The van der Waals surface area contributed by atoms with Crippen LogP contribution in [0.3, 0.4) is 0 Å². The number of fused-ring (bicyclic) bond motifs is 1. The first-order valence-corrected chi connectivity index (χ1v) is 10.4. The van der Waals surface area contributed by atoms with E-state index >= 15 is 0 Å². The summed E-state index contributed by atoms with van der Waals surface area (Å²) in [4.78, 5) is 18.1. The summed E-state index contributed by atoms with van der Waals surface area (Å²) in [6.45, 7) is 0.635.